The van der Waals surface area contributed by atoms with E-state index in [0.717, 1.165) is 27.3 Å². The van der Waals surface area contributed by atoms with Gasteiger partial charge in [0.1, 0.15) is 10.3 Å². The Hall–Kier alpha value is -2.37. The van der Waals surface area contributed by atoms with E-state index in [1.54, 1.807) is 41.8 Å². The second-order valence-corrected chi connectivity index (χ2v) is 13.0. The van der Waals surface area contributed by atoms with Crippen molar-refractivity contribution in [3.05, 3.63) is 82.1 Å². The highest BCUT2D eigenvalue weighted by Crippen LogP contribution is 2.35. The van der Waals surface area contributed by atoms with Gasteiger partial charge in [-0.05, 0) is 54.1 Å². The van der Waals surface area contributed by atoms with Crippen molar-refractivity contribution in [2.45, 2.75) is 42.1 Å². The Labute approximate surface area is 223 Å². The fourth-order valence-corrected chi connectivity index (χ4v) is 8.17. The van der Waals surface area contributed by atoms with Crippen molar-refractivity contribution >= 4 is 54.8 Å². The van der Waals surface area contributed by atoms with Crippen molar-refractivity contribution in [1.82, 2.24) is 9.21 Å². The number of benzene rings is 2. The number of rotatable bonds is 7. The van der Waals surface area contributed by atoms with E-state index in [0.29, 0.717) is 31.6 Å². The van der Waals surface area contributed by atoms with E-state index in [1.807, 2.05) is 18.2 Å². The summed E-state index contributed by atoms with van der Waals surface area (Å²) in [6, 6.07) is 18.9. The third kappa shape index (κ3) is 5.05. The number of sulfonamides is 1. The van der Waals surface area contributed by atoms with Gasteiger partial charge in [0.05, 0.1) is 12.1 Å². The maximum absolute atomic E-state index is 13.8. The number of hydrogen-bond donors (Lipinski definition) is 0. The molecule has 0 N–H and O–H groups in total. The molecule has 1 atom stereocenters. The average molecular weight is 589 g/mol. The van der Waals surface area contributed by atoms with Gasteiger partial charge in [0, 0.05) is 30.1 Å². The molecule has 7 nitrogen and oxygen atoms in total. The molecule has 2 aromatic carbocycles. The van der Waals surface area contributed by atoms with Gasteiger partial charge in [-0.25, -0.2) is 13.3 Å². The van der Waals surface area contributed by atoms with Gasteiger partial charge in [0.15, 0.2) is 0 Å². The molecule has 2 aliphatic heterocycles. The van der Waals surface area contributed by atoms with Gasteiger partial charge in [-0.3, -0.25) is 14.5 Å². The highest BCUT2D eigenvalue weighted by molar-refractivity contribution is 9.10. The number of thiophene rings is 1. The SMILES string of the molecule is O=C1CC(N(C2CCN(Cc3ccccc3)CC2)S(=O)(=O)c2cccs2)C(=O)N1c1ccc(Br)cc1. The first-order valence-electron chi connectivity index (χ1n) is 11.8. The maximum Gasteiger partial charge on any atom is 0.253 e. The van der Waals surface area contributed by atoms with Crippen molar-refractivity contribution < 1.29 is 18.0 Å². The molecule has 5 rings (SSSR count). The van der Waals surface area contributed by atoms with Crippen LogP contribution >= 0.6 is 27.3 Å². The highest BCUT2D eigenvalue weighted by Gasteiger charge is 2.50. The van der Waals surface area contributed by atoms with Crippen LogP contribution in [0, 0.1) is 0 Å². The van der Waals surface area contributed by atoms with Gasteiger partial charge in [-0.15, -0.1) is 11.3 Å². The lowest BCUT2D eigenvalue weighted by atomic mass is 10.0. The summed E-state index contributed by atoms with van der Waals surface area (Å²) in [4.78, 5) is 30.0. The number of halogens is 1. The van der Waals surface area contributed by atoms with E-state index in [1.165, 1.54) is 9.87 Å². The van der Waals surface area contributed by atoms with E-state index in [4.69, 9.17) is 0 Å². The Morgan fingerprint density at radius 3 is 2.28 bits per heavy atom. The smallest absolute Gasteiger partial charge is 0.253 e. The van der Waals surface area contributed by atoms with Crippen molar-refractivity contribution in [3.63, 3.8) is 0 Å². The Kier molecular flexibility index (Phi) is 7.41. The topological polar surface area (TPSA) is 78.0 Å². The minimum Gasteiger partial charge on any atom is -0.299 e. The largest absolute Gasteiger partial charge is 0.299 e. The number of anilines is 1. The third-order valence-electron chi connectivity index (χ3n) is 6.71. The van der Waals surface area contributed by atoms with Crippen molar-refractivity contribution in [1.29, 1.82) is 0 Å². The van der Waals surface area contributed by atoms with Crippen LogP contribution in [-0.2, 0) is 26.2 Å². The zero-order valence-electron chi connectivity index (χ0n) is 19.5. The van der Waals surface area contributed by atoms with E-state index < -0.39 is 22.0 Å². The number of hydrogen-bond acceptors (Lipinski definition) is 6. The molecular weight excluding hydrogens is 562 g/mol. The Bertz CT molecular complexity index is 1320. The molecule has 0 radical (unpaired) electrons. The van der Waals surface area contributed by atoms with E-state index in [2.05, 4.69) is 33.0 Å². The summed E-state index contributed by atoms with van der Waals surface area (Å²) >= 11 is 4.50. The molecule has 2 amide bonds. The number of imide groups is 1. The van der Waals surface area contributed by atoms with Crippen LogP contribution in [0.25, 0.3) is 0 Å². The Morgan fingerprint density at radius 2 is 1.64 bits per heavy atom. The molecule has 36 heavy (non-hydrogen) atoms. The average Bonchev–Trinajstić information content (AvgIpc) is 3.51. The van der Waals surface area contributed by atoms with E-state index >= 15 is 0 Å². The van der Waals surface area contributed by atoms with Gasteiger partial charge in [0.2, 0.25) is 5.91 Å². The molecule has 0 spiro atoms. The van der Waals surface area contributed by atoms with Crippen LogP contribution in [0.15, 0.2) is 80.8 Å². The summed E-state index contributed by atoms with van der Waals surface area (Å²) in [7, 11) is -3.96. The molecule has 1 aromatic heterocycles. The van der Waals surface area contributed by atoms with Crippen LogP contribution < -0.4 is 4.90 Å². The summed E-state index contributed by atoms with van der Waals surface area (Å²) in [6.45, 7) is 2.21. The predicted octanol–water partition coefficient (Wildman–Crippen LogP) is 4.50. The first kappa shape index (κ1) is 25.3. The molecule has 0 bridgehead atoms. The molecular formula is C26H26BrN3O4S2. The minimum atomic E-state index is -3.96. The molecule has 2 aliphatic rings. The summed E-state index contributed by atoms with van der Waals surface area (Å²) in [5, 5.41) is 1.71. The van der Waals surface area contributed by atoms with Gasteiger partial charge >= 0.3 is 0 Å². The summed E-state index contributed by atoms with van der Waals surface area (Å²) in [5.41, 5.74) is 1.66. The van der Waals surface area contributed by atoms with E-state index in [9.17, 15) is 18.0 Å². The lowest BCUT2D eigenvalue weighted by Crippen LogP contribution is -2.53. The second kappa shape index (κ2) is 10.5. The van der Waals surface area contributed by atoms with Gasteiger partial charge in [-0.1, -0.05) is 52.3 Å². The first-order valence-corrected chi connectivity index (χ1v) is 14.9. The summed E-state index contributed by atoms with van der Waals surface area (Å²) in [6.07, 6.45) is 1.02. The van der Waals surface area contributed by atoms with Crippen molar-refractivity contribution in [2.75, 3.05) is 18.0 Å². The van der Waals surface area contributed by atoms with Crippen molar-refractivity contribution in [3.8, 4) is 0 Å². The maximum atomic E-state index is 13.8. The van der Waals surface area contributed by atoms with Gasteiger partial charge in [-0.2, -0.15) is 4.31 Å². The molecule has 3 heterocycles. The number of piperidine rings is 1. The zero-order valence-corrected chi connectivity index (χ0v) is 22.7. The number of nitrogens with zero attached hydrogens (tertiary/aromatic N) is 3. The standard InChI is InChI=1S/C26H26BrN3O4S2/c27-20-8-10-21(11-9-20)29-24(31)17-23(26(29)32)30(36(33,34)25-7-4-16-35-25)22-12-14-28(15-13-22)18-19-5-2-1-3-6-19/h1-11,16,22-23H,12-15,17-18H2. The number of likely N-dealkylation sites (tertiary alicyclic amines) is 1. The molecule has 2 fully saturated rings. The van der Waals surface area contributed by atoms with Crippen LogP contribution in [0.4, 0.5) is 5.69 Å². The quantitative estimate of drug-likeness (QED) is 0.380. The summed E-state index contributed by atoms with van der Waals surface area (Å²) in [5.74, 6) is -0.880. The van der Waals surface area contributed by atoms with Crippen LogP contribution in [0.5, 0.6) is 0 Å². The third-order valence-corrected chi connectivity index (χ3v) is 10.6. The van der Waals surface area contributed by atoms with E-state index in [-0.39, 0.29) is 22.6 Å². The highest BCUT2D eigenvalue weighted by atomic mass is 79.9. The molecule has 188 valence electrons. The lowest BCUT2D eigenvalue weighted by molar-refractivity contribution is -0.122. The lowest BCUT2D eigenvalue weighted by Gasteiger charge is -2.39. The van der Waals surface area contributed by atoms with Crippen LogP contribution in [-0.4, -0.2) is 54.6 Å². The van der Waals surface area contributed by atoms with Gasteiger partial charge in [0.25, 0.3) is 15.9 Å². The fraction of sp³-hybridized carbons (Fsp3) is 0.308. The number of carbonyl (C=O) groups is 2. The molecule has 0 saturated carbocycles. The van der Waals surface area contributed by atoms with Gasteiger partial charge < -0.3 is 0 Å². The molecule has 1 unspecified atom stereocenters. The fourth-order valence-electron chi connectivity index (χ4n) is 4.98. The van der Waals surface area contributed by atoms with Crippen LogP contribution in [0.3, 0.4) is 0 Å². The zero-order chi connectivity index (χ0) is 25.3. The van der Waals surface area contributed by atoms with Crippen LogP contribution in [0.1, 0.15) is 24.8 Å². The normalized spacial score (nSPS) is 19.9. The molecule has 3 aromatic rings. The van der Waals surface area contributed by atoms with Crippen LogP contribution in [0.2, 0.25) is 0 Å². The predicted molar refractivity (Wildman–Crippen MR) is 143 cm³/mol. The molecule has 0 aliphatic carbocycles. The Balaban J connectivity index is 1.41. The number of amides is 2. The monoisotopic (exact) mass is 587 g/mol. The molecule has 10 heteroatoms. The summed E-state index contributed by atoms with van der Waals surface area (Å²) < 4.78 is 30.0. The number of carbonyl (C=O) groups excluding carboxylic acids is 2. The minimum absolute atomic E-state index is 0.163. The molecule has 2 saturated heterocycles. The second-order valence-electron chi connectivity index (χ2n) is 9.02. The first-order chi connectivity index (χ1) is 17.3. The Morgan fingerprint density at radius 1 is 0.944 bits per heavy atom. The van der Waals surface area contributed by atoms with Crippen molar-refractivity contribution in [2.24, 2.45) is 0 Å².